The van der Waals surface area contributed by atoms with E-state index >= 15 is 4.39 Å². The largest absolute Gasteiger partial charge is 0.480 e. The van der Waals surface area contributed by atoms with Crippen LogP contribution in [-0.2, 0) is 28.0 Å². The molecule has 2 aromatic heterocycles. The average Bonchev–Trinajstić information content (AvgIpc) is 3.47. The standard InChI is InChI=1S/C28H32FN7O4/c1-17(37)35-10-6-18(7-11-35)28-27-20(21-13-24-19(12-22(21)29)14-32-34(24)2)4-3-5-23(27)36(33-28)16-25(38)31-9-8-30-15-26(39)40/h3-5,12-14,18,30H,6-11,15-16H2,1-2H3,(H,31,38)(H,39,40). The maximum Gasteiger partial charge on any atom is 0.317 e. The Balaban J connectivity index is 1.51. The van der Waals surface area contributed by atoms with Gasteiger partial charge >= 0.3 is 5.97 Å². The number of aromatic nitrogens is 4. The topological polar surface area (TPSA) is 134 Å². The fourth-order valence-corrected chi connectivity index (χ4v) is 5.41. The van der Waals surface area contributed by atoms with Crippen molar-refractivity contribution in [2.45, 2.75) is 32.2 Å². The lowest BCUT2D eigenvalue weighted by atomic mass is 9.89. The number of carboxylic acid groups (broad SMARTS) is 1. The van der Waals surface area contributed by atoms with E-state index in [2.05, 4.69) is 15.7 Å². The number of aliphatic carboxylic acids is 1. The zero-order chi connectivity index (χ0) is 28.4. The van der Waals surface area contributed by atoms with Crippen LogP contribution < -0.4 is 10.6 Å². The second kappa shape index (κ2) is 11.4. The Morgan fingerprint density at radius 1 is 1.10 bits per heavy atom. The monoisotopic (exact) mass is 549 g/mol. The minimum Gasteiger partial charge on any atom is -0.480 e. The molecule has 1 aliphatic rings. The van der Waals surface area contributed by atoms with E-state index < -0.39 is 5.97 Å². The minimum atomic E-state index is -0.967. The number of hydrogen-bond donors (Lipinski definition) is 3. The first-order valence-corrected chi connectivity index (χ1v) is 13.3. The van der Waals surface area contributed by atoms with Gasteiger partial charge in [-0.15, -0.1) is 0 Å². The molecular formula is C28H32FN7O4. The van der Waals surface area contributed by atoms with E-state index in [0.717, 1.165) is 16.6 Å². The molecule has 0 aliphatic carbocycles. The molecule has 0 spiro atoms. The summed E-state index contributed by atoms with van der Waals surface area (Å²) in [5, 5.41) is 24.9. The summed E-state index contributed by atoms with van der Waals surface area (Å²) in [4.78, 5) is 37.2. The lowest BCUT2D eigenvalue weighted by Gasteiger charge is -2.30. The number of carbonyl (C=O) groups excluding carboxylic acids is 2. The van der Waals surface area contributed by atoms with Gasteiger partial charge in [-0.2, -0.15) is 10.2 Å². The van der Waals surface area contributed by atoms with Gasteiger partial charge in [0, 0.05) is 62.4 Å². The molecule has 0 atom stereocenters. The zero-order valence-corrected chi connectivity index (χ0v) is 22.5. The predicted molar refractivity (Wildman–Crippen MR) is 147 cm³/mol. The van der Waals surface area contributed by atoms with Gasteiger partial charge < -0.3 is 20.6 Å². The van der Waals surface area contributed by atoms with Crippen molar-refractivity contribution in [2.24, 2.45) is 7.05 Å². The summed E-state index contributed by atoms with van der Waals surface area (Å²) in [5.41, 5.74) is 3.41. The third-order valence-corrected chi connectivity index (χ3v) is 7.45. The van der Waals surface area contributed by atoms with Crippen molar-refractivity contribution in [3.05, 3.63) is 48.0 Å². The van der Waals surface area contributed by atoms with E-state index in [-0.39, 0.29) is 43.2 Å². The number of hydrogen-bond acceptors (Lipinski definition) is 6. The zero-order valence-electron chi connectivity index (χ0n) is 22.5. The molecule has 11 nitrogen and oxygen atoms in total. The summed E-state index contributed by atoms with van der Waals surface area (Å²) in [6, 6.07) is 8.86. The lowest BCUT2D eigenvalue weighted by molar-refractivity contribution is -0.136. The van der Waals surface area contributed by atoms with Crippen molar-refractivity contribution in [3.63, 3.8) is 0 Å². The maximum absolute atomic E-state index is 15.5. The highest BCUT2D eigenvalue weighted by Gasteiger charge is 2.28. The van der Waals surface area contributed by atoms with Gasteiger partial charge in [-0.25, -0.2) is 4.39 Å². The van der Waals surface area contributed by atoms with Crippen molar-refractivity contribution in [1.29, 1.82) is 0 Å². The average molecular weight is 550 g/mol. The second-order valence-corrected chi connectivity index (χ2v) is 10.1. The number of fused-ring (bicyclic) bond motifs is 2. The molecule has 1 aliphatic heterocycles. The van der Waals surface area contributed by atoms with Crippen LogP contribution >= 0.6 is 0 Å². The lowest BCUT2D eigenvalue weighted by Crippen LogP contribution is -2.36. The Morgan fingerprint density at radius 2 is 1.88 bits per heavy atom. The fraction of sp³-hybridized carbons (Fsp3) is 0.393. The molecular weight excluding hydrogens is 517 g/mol. The SMILES string of the molecule is CC(=O)N1CCC(c2nn(CC(=O)NCCNCC(=O)O)c3cccc(-c4cc5c(cnn5C)cc4F)c23)CC1. The molecule has 2 amide bonds. The molecule has 1 saturated heterocycles. The van der Waals surface area contributed by atoms with Gasteiger partial charge in [0.05, 0.1) is 29.5 Å². The van der Waals surface area contributed by atoms with Crippen LogP contribution in [-0.4, -0.2) is 80.1 Å². The van der Waals surface area contributed by atoms with Crippen LogP contribution in [0.5, 0.6) is 0 Å². The highest BCUT2D eigenvalue weighted by atomic mass is 19.1. The molecule has 4 aromatic rings. The van der Waals surface area contributed by atoms with E-state index in [1.54, 1.807) is 28.6 Å². The van der Waals surface area contributed by atoms with Gasteiger partial charge in [0.2, 0.25) is 11.8 Å². The van der Waals surface area contributed by atoms with Crippen LogP contribution in [0.25, 0.3) is 32.9 Å². The molecule has 3 heterocycles. The summed E-state index contributed by atoms with van der Waals surface area (Å²) in [6.45, 7) is 3.13. The minimum absolute atomic E-state index is 0.0345. The van der Waals surface area contributed by atoms with Gasteiger partial charge in [-0.1, -0.05) is 12.1 Å². The number of carbonyl (C=O) groups is 3. The van der Waals surface area contributed by atoms with Crippen molar-refractivity contribution in [2.75, 3.05) is 32.7 Å². The predicted octanol–water partition coefficient (Wildman–Crippen LogP) is 2.25. The number of nitrogens with one attached hydrogen (secondary N) is 2. The van der Waals surface area contributed by atoms with Gasteiger partial charge in [-0.3, -0.25) is 23.7 Å². The fourth-order valence-electron chi connectivity index (χ4n) is 5.41. The van der Waals surface area contributed by atoms with E-state index in [0.29, 0.717) is 54.5 Å². The molecule has 3 N–H and O–H groups in total. The summed E-state index contributed by atoms with van der Waals surface area (Å²) in [5.74, 6) is -1.54. The van der Waals surface area contributed by atoms with Crippen LogP contribution in [0.15, 0.2) is 36.5 Å². The Bertz CT molecular complexity index is 1590. The third kappa shape index (κ3) is 5.53. The van der Waals surface area contributed by atoms with E-state index in [4.69, 9.17) is 10.2 Å². The van der Waals surface area contributed by atoms with E-state index in [1.165, 1.54) is 6.07 Å². The second-order valence-electron chi connectivity index (χ2n) is 10.1. The number of piperidine rings is 1. The van der Waals surface area contributed by atoms with Gasteiger partial charge in [-0.05, 0) is 36.6 Å². The number of likely N-dealkylation sites (tertiary alicyclic amines) is 1. The summed E-state index contributed by atoms with van der Waals surface area (Å²) >= 11 is 0. The van der Waals surface area contributed by atoms with Crippen LogP contribution in [0.1, 0.15) is 31.4 Å². The Morgan fingerprint density at radius 3 is 2.60 bits per heavy atom. The molecule has 0 bridgehead atoms. The maximum atomic E-state index is 15.5. The quantitative estimate of drug-likeness (QED) is 0.273. The molecule has 2 aromatic carbocycles. The first-order valence-electron chi connectivity index (χ1n) is 13.3. The smallest absolute Gasteiger partial charge is 0.317 e. The number of nitrogens with zero attached hydrogens (tertiary/aromatic N) is 5. The van der Waals surface area contributed by atoms with Gasteiger partial charge in [0.25, 0.3) is 0 Å². The highest BCUT2D eigenvalue weighted by molar-refractivity contribution is 6.00. The summed E-state index contributed by atoms with van der Waals surface area (Å²) in [6.07, 6.45) is 3.06. The Kier molecular flexibility index (Phi) is 7.78. The van der Waals surface area contributed by atoms with Crippen LogP contribution in [0.2, 0.25) is 0 Å². The molecule has 5 rings (SSSR count). The summed E-state index contributed by atoms with van der Waals surface area (Å²) in [7, 11) is 1.81. The number of halogens is 1. The van der Waals surface area contributed by atoms with Crippen molar-refractivity contribution < 1.29 is 23.9 Å². The van der Waals surface area contributed by atoms with E-state index in [9.17, 15) is 14.4 Å². The molecule has 0 radical (unpaired) electrons. The number of amides is 2. The number of carboxylic acids is 1. The summed E-state index contributed by atoms with van der Waals surface area (Å²) < 4.78 is 18.9. The van der Waals surface area contributed by atoms with Gasteiger partial charge in [0.15, 0.2) is 0 Å². The van der Waals surface area contributed by atoms with Crippen LogP contribution in [0.4, 0.5) is 4.39 Å². The number of benzene rings is 2. The Hall–Kier alpha value is -4.32. The number of aryl methyl sites for hydroxylation is 1. The molecule has 1 fully saturated rings. The molecule has 0 unspecified atom stereocenters. The van der Waals surface area contributed by atoms with Crippen LogP contribution in [0, 0.1) is 5.82 Å². The van der Waals surface area contributed by atoms with Gasteiger partial charge in [0.1, 0.15) is 12.4 Å². The van der Waals surface area contributed by atoms with Crippen molar-refractivity contribution >= 4 is 39.6 Å². The molecule has 40 heavy (non-hydrogen) atoms. The first-order chi connectivity index (χ1) is 19.2. The molecule has 210 valence electrons. The third-order valence-electron chi connectivity index (χ3n) is 7.45. The van der Waals surface area contributed by atoms with E-state index in [1.807, 2.05) is 30.1 Å². The van der Waals surface area contributed by atoms with Crippen LogP contribution in [0.3, 0.4) is 0 Å². The highest BCUT2D eigenvalue weighted by Crippen LogP contribution is 2.39. The van der Waals surface area contributed by atoms with Crippen molar-refractivity contribution in [1.82, 2.24) is 35.1 Å². The molecule has 12 heteroatoms. The first kappa shape index (κ1) is 27.3. The van der Waals surface area contributed by atoms with Crippen molar-refractivity contribution in [3.8, 4) is 11.1 Å². The molecule has 0 saturated carbocycles. The number of rotatable bonds is 9. The Labute approximate surface area is 229 Å². The normalized spacial score (nSPS) is 14.2.